The molecular formula is C9H17NO3. The molecule has 2 saturated heterocycles. The third-order valence-electron chi connectivity index (χ3n) is 2.57. The minimum Gasteiger partial charge on any atom is -0.355 e. The first-order valence-corrected chi connectivity index (χ1v) is 4.72. The molecule has 0 aromatic rings. The number of hydrogen-bond donors (Lipinski definition) is 1. The summed E-state index contributed by atoms with van der Waals surface area (Å²) in [6, 6.07) is 0. The Morgan fingerprint density at radius 3 is 2.38 bits per heavy atom. The second-order valence-electron chi connectivity index (χ2n) is 4.12. The van der Waals surface area contributed by atoms with Gasteiger partial charge in [-0.15, -0.1) is 0 Å². The largest absolute Gasteiger partial charge is 0.355 e. The van der Waals surface area contributed by atoms with Crippen molar-refractivity contribution in [3.8, 4) is 0 Å². The zero-order valence-electron chi connectivity index (χ0n) is 8.53. The van der Waals surface area contributed by atoms with Crippen LogP contribution in [0.15, 0.2) is 0 Å². The van der Waals surface area contributed by atoms with E-state index in [0.717, 1.165) is 0 Å². The van der Waals surface area contributed by atoms with Gasteiger partial charge in [-0.2, -0.15) is 0 Å². The van der Waals surface area contributed by atoms with Crippen LogP contribution in [0.5, 0.6) is 0 Å². The highest BCUT2D eigenvalue weighted by Gasteiger charge is 2.53. The maximum Gasteiger partial charge on any atom is 0.164 e. The molecule has 0 spiro atoms. The number of nitrogens with one attached hydrogen (secondary N) is 1. The van der Waals surface area contributed by atoms with Crippen molar-refractivity contribution in [2.24, 2.45) is 0 Å². The summed E-state index contributed by atoms with van der Waals surface area (Å²) in [6.45, 7) is 5.88. The van der Waals surface area contributed by atoms with Gasteiger partial charge >= 0.3 is 0 Å². The molecule has 0 aromatic heterocycles. The van der Waals surface area contributed by atoms with Gasteiger partial charge in [0.2, 0.25) is 0 Å². The van der Waals surface area contributed by atoms with Crippen LogP contribution in [0.1, 0.15) is 20.8 Å². The molecule has 2 fully saturated rings. The van der Waals surface area contributed by atoms with Crippen molar-refractivity contribution in [3.05, 3.63) is 0 Å². The van der Waals surface area contributed by atoms with Gasteiger partial charge in [0.15, 0.2) is 5.79 Å². The molecule has 1 N–H and O–H groups in total. The first-order valence-electron chi connectivity index (χ1n) is 4.72. The van der Waals surface area contributed by atoms with Gasteiger partial charge in [-0.25, -0.2) is 0 Å². The van der Waals surface area contributed by atoms with Crippen LogP contribution < -0.4 is 5.32 Å². The summed E-state index contributed by atoms with van der Waals surface area (Å²) in [4.78, 5) is 0. The highest BCUT2D eigenvalue weighted by molar-refractivity contribution is 4.94. The lowest BCUT2D eigenvalue weighted by Crippen LogP contribution is -2.38. The van der Waals surface area contributed by atoms with Crippen molar-refractivity contribution < 1.29 is 14.2 Å². The fraction of sp³-hybridized carbons (Fsp3) is 1.00. The van der Waals surface area contributed by atoms with E-state index in [-0.39, 0.29) is 24.5 Å². The summed E-state index contributed by atoms with van der Waals surface area (Å²) in [5.41, 5.74) is 0. The standard InChI is InChI=1S/C9H17NO3/c1-5-6-7(8(10-4)11-5)13-9(2,3)12-6/h5-8,10H,1-4H3/t5-,6?,7?,8-/m1/s1. The lowest BCUT2D eigenvalue weighted by Gasteiger charge is -2.22. The minimum atomic E-state index is -0.470. The van der Waals surface area contributed by atoms with E-state index in [9.17, 15) is 0 Å². The topological polar surface area (TPSA) is 39.7 Å². The predicted molar refractivity (Wildman–Crippen MR) is 47.2 cm³/mol. The van der Waals surface area contributed by atoms with Crippen LogP contribution in [0, 0.1) is 0 Å². The van der Waals surface area contributed by atoms with Crippen LogP contribution in [-0.4, -0.2) is 37.4 Å². The summed E-state index contributed by atoms with van der Waals surface area (Å²) < 4.78 is 17.1. The fourth-order valence-corrected chi connectivity index (χ4v) is 2.03. The average Bonchev–Trinajstić information content (AvgIpc) is 2.47. The van der Waals surface area contributed by atoms with E-state index in [2.05, 4.69) is 5.32 Å². The maximum atomic E-state index is 5.74. The average molecular weight is 187 g/mol. The highest BCUT2D eigenvalue weighted by atomic mass is 16.8. The predicted octanol–water partition coefficient (Wildman–Crippen LogP) is 0.471. The zero-order valence-corrected chi connectivity index (χ0v) is 8.53. The van der Waals surface area contributed by atoms with Gasteiger partial charge in [0.1, 0.15) is 18.4 Å². The first-order chi connectivity index (χ1) is 6.03. The first kappa shape index (κ1) is 9.40. The Kier molecular flexibility index (Phi) is 2.11. The molecule has 2 rings (SSSR count). The van der Waals surface area contributed by atoms with Gasteiger partial charge in [0.05, 0.1) is 6.10 Å². The molecular weight excluding hydrogens is 170 g/mol. The Bertz CT molecular complexity index is 207. The molecule has 4 heteroatoms. The lowest BCUT2D eigenvalue weighted by atomic mass is 10.1. The van der Waals surface area contributed by atoms with Crippen molar-refractivity contribution in [3.63, 3.8) is 0 Å². The lowest BCUT2D eigenvalue weighted by molar-refractivity contribution is -0.187. The smallest absolute Gasteiger partial charge is 0.164 e. The van der Waals surface area contributed by atoms with Gasteiger partial charge in [0.25, 0.3) is 0 Å². The molecule has 0 bridgehead atoms. The molecule has 0 radical (unpaired) electrons. The molecule has 0 amide bonds. The summed E-state index contributed by atoms with van der Waals surface area (Å²) in [6.07, 6.45) is 0.147. The number of likely N-dealkylation sites (N-methyl/N-ethyl adjacent to an activating group) is 1. The third kappa shape index (κ3) is 1.48. The van der Waals surface area contributed by atoms with Gasteiger partial charge < -0.3 is 14.2 Å². The molecule has 0 saturated carbocycles. The van der Waals surface area contributed by atoms with Crippen molar-refractivity contribution in [2.75, 3.05) is 7.05 Å². The maximum absolute atomic E-state index is 5.74. The van der Waals surface area contributed by atoms with Crippen molar-refractivity contribution in [1.82, 2.24) is 5.32 Å². The second-order valence-corrected chi connectivity index (χ2v) is 4.12. The summed E-state index contributed by atoms with van der Waals surface area (Å²) >= 11 is 0. The van der Waals surface area contributed by atoms with Crippen LogP contribution in [0.25, 0.3) is 0 Å². The molecule has 2 unspecified atom stereocenters. The Morgan fingerprint density at radius 1 is 1.15 bits per heavy atom. The molecule has 2 aliphatic rings. The Hall–Kier alpha value is -0.160. The fourth-order valence-electron chi connectivity index (χ4n) is 2.03. The van der Waals surface area contributed by atoms with Crippen LogP contribution >= 0.6 is 0 Å². The summed E-state index contributed by atoms with van der Waals surface area (Å²) in [5, 5.41) is 3.08. The van der Waals surface area contributed by atoms with Crippen LogP contribution in [0.4, 0.5) is 0 Å². The number of rotatable bonds is 1. The van der Waals surface area contributed by atoms with E-state index in [1.165, 1.54) is 0 Å². The molecule has 2 aliphatic heterocycles. The van der Waals surface area contributed by atoms with E-state index in [0.29, 0.717) is 0 Å². The van der Waals surface area contributed by atoms with E-state index < -0.39 is 5.79 Å². The molecule has 0 aliphatic carbocycles. The van der Waals surface area contributed by atoms with Gasteiger partial charge in [-0.1, -0.05) is 0 Å². The molecule has 0 aromatic carbocycles. The highest BCUT2D eigenvalue weighted by Crippen LogP contribution is 2.37. The third-order valence-corrected chi connectivity index (χ3v) is 2.57. The van der Waals surface area contributed by atoms with Gasteiger partial charge in [0, 0.05) is 0 Å². The molecule has 2 heterocycles. The quantitative estimate of drug-likeness (QED) is 0.648. The number of hydrogen-bond acceptors (Lipinski definition) is 4. The van der Waals surface area contributed by atoms with Gasteiger partial charge in [-0.3, -0.25) is 5.32 Å². The van der Waals surface area contributed by atoms with Crippen LogP contribution in [-0.2, 0) is 14.2 Å². The Morgan fingerprint density at radius 2 is 1.77 bits per heavy atom. The summed E-state index contributed by atoms with van der Waals surface area (Å²) in [7, 11) is 1.87. The van der Waals surface area contributed by atoms with E-state index in [4.69, 9.17) is 14.2 Å². The molecule has 4 atom stereocenters. The van der Waals surface area contributed by atoms with Crippen molar-refractivity contribution in [1.29, 1.82) is 0 Å². The van der Waals surface area contributed by atoms with E-state index >= 15 is 0 Å². The monoisotopic (exact) mass is 187 g/mol. The van der Waals surface area contributed by atoms with Crippen LogP contribution in [0.3, 0.4) is 0 Å². The van der Waals surface area contributed by atoms with Crippen molar-refractivity contribution >= 4 is 0 Å². The number of fused-ring (bicyclic) bond motifs is 1. The van der Waals surface area contributed by atoms with E-state index in [1.807, 2.05) is 27.8 Å². The second kappa shape index (κ2) is 2.92. The normalized spacial score (nSPS) is 48.0. The van der Waals surface area contributed by atoms with Crippen molar-refractivity contribution in [2.45, 2.75) is 51.1 Å². The minimum absolute atomic E-state index is 0.0231. The molecule has 76 valence electrons. The molecule has 13 heavy (non-hydrogen) atoms. The summed E-state index contributed by atoms with van der Waals surface area (Å²) in [5.74, 6) is -0.470. The molecule has 4 nitrogen and oxygen atoms in total. The number of ether oxygens (including phenoxy) is 3. The van der Waals surface area contributed by atoms with Gasteiger partial charge in [-0.05, 0) is 27.8 Å². The zero-order chi connectivity index (χ0) is 9.64. The van der Waals surface area contributed by atoms with Crippen LogP contribution in [0.2, 0.25) is 0 Å². The Balaban J connectivity index is 2.12. The SMILES string of the molecule is CN[C@@H]1O[C@H](C)C2OC(C)(C)OC21. The Labute approximate surface area is 78.5 Å². The van der Waals surface area contributed by atoms with E-state index in [1.54, 1.807) is 0 Å².